The lowest BCUT2D eigenvalue weighted by molar-refractivity contribution is -0.0495. The lowest BCUT2D eigenvalue weighted by Gasteiger charge is -2.11. The molecule has 0 saturated carbocycles. The fourth-order valence-corrected chi connectivity index (χ4v) is 3.59. The van der Waals surface area contributed by atoms with Gasteiger partial charge in [0.2, 0.25) is 0 Å². The summed E-state index contributed by atoms with van der Waals surface area (Å²) in [7, 11) is 0. The third-order valence-corrected chi connectivity index (χ3v) is 5.04. The van der Waals surface area contributed by atoms with E-state index in [2.05, 4.69) is 15.0 Å². The van der Waals surface area contributed by atoms with Crippen LogP contribution in [0.1, 0.15) is 15.2 Å². The molecule has 0 spiro atoms. The summed E-state index contributed by atoms with van der Waals surface area (Å²) in [6.45, 7) is -1.18. The quantitative estimate of drug-likeness (QED) is 0.480. The monoisotopic (exact) mass is 428 g/mol. The second-order valence-corrected chi connectivity index (χ2v) is 7.50. The van der Waals surface area contributed by atoms with Crippen LogP contribution < -0.4 is 15.5 Å². The molecule has 2 aromatic carbocycles. The van der Waals surface area contributed by atoms with Crippen LogP contribution in [-0.4, -0.2) is 17.5 Å². The number of anilines is 1. The summed E-state index contributed by atoms with van der Waals surface area (Å²) in [6, 6.07) is 11.7. The maximum absolute atomic E-state index is 12.8. The Kier molecular flexibility index (Phi) is 5.28. The molecule has 0 saturated heterocycles. The third kappa shape index (κ3) is 3.92. The van der Waals surface area contributed by atoms with Crippen molar-refractivity contribution in [1.82, 2.24) is 4.98 Å². The molecule has 0 radical (unpaired) electrons. The van der Waals surface area contributed by atoms with Crippen LogP contribution in [0, 0.1) is 6.92 Å². The topological polar surface area (TPSA) is 81.4 Å². The molecular formula is C21H14F2N2O4S. The summed E-state index contributed by atoms with van der Waals surface area (Å²) < 4.78 is 35.9. The summed E-state index contributed by atoms with van der Waals surface area (Å²) in [5, 5.41) is 3.26. The van der Waals surface area contributed by atoms with Gasteiger partial charge in [0.25, 0.3) is 5.91 Å². The molecule has 1 N–H and O–H groups in total. The molecule has 0 aliphatic carbocycles. The number of para-hydroxylation sites is 2. The summed E-state index contributed by atoms with van der Waals surface area (Å²) in [4.78, 5) is 30.4. The van der Waals surface area contributed by atoms with Crippen molar-refractivity contribution in [3.8, 4) is 17.1 Å². The van der Waals surface area contributed by atoms with Gasteiger partial charge in [-0.1, -0.05) is 18.2 Å². The zero-order valence-corrected chi connectivity index (χ0v) is 16.3. The van der Waals surface area contributed by atoms with Gasteiger partial charge in [0, 0.05) is 17.1 Å². The minimum absolute atomic E-state index is 0.00842. The van der Waals surface area contributed by atoms with E-state index < -0.39 is 17.9 Å². The number of nitrogens with one attached hydrogen (secondary N) is 1. The molecule has 0 bridgehead atoms. The number of benzene rings is 2. The predicted octanol–water partition coefficient (Wildman–Crippen LogP) is 5.08. The van der Waals surface area contributed by atoms with Crippen LogP contribution in [-0.2, 0) is 0 Å². The highest BCUT2D eigenvalue weighted by Crippen LogP contribution is 2.32. The highest BCUT2D eigenvalue weighted by Gasteiger charge is 2.19. The van der Waals surface area contributed by atoms with Crippen LogP contribution in [0.15, 0.2) is 63.9 Å². The number of halogens is 2. The first-order chi connectivity index (χ1) is 14.4. The van der Waals surface area contributed by atoms with E-state index in [-0.39, 0.29) is 33.6 Å². The Hall–Kier alpha value is -3.59. The number of aromatic nitrogens is 1. The van der Waals surface area contributed by atoms with E-state index in [1.807, 2.05) is 6.92 Å². The molecule has 0 aliphatic rings. The van der Waals surface area contributed by atoms with E-state index in [0.717, 1.165) is 4.88 Å². The SMILES string of the molecule is Cc1cnc(NC(=O)c2cccc3c(=O)cc(-c4ccccc4OC(F)F)oc23)s1. The predicted molar refractivity (Wildman–Crippen MR) is 109 cm³/mol. The first-order valence-corrected chi connectivity index (χ1v) is 9.59. The van der Waals surface area contributed by atoms with Crippen molar-refractivity contribution < 1.29 is 22.7 Å². The summed E-state index contributed by atoms with van der Waals surface area (Å²) in [5.41, 5.74) is -0.0930. The molecular weight excluding hydrogens is 414 g/mol. The maximum Gasteiger partial charge on any atom is 0.387 e. The molecule has 0 fully saturated rings. The molecule has 6 nitrogen and oxygen atoms in total. The van der Waals surface area contributed by atoms with Gasteiger partial charge in [-0.25, -0.2) is 4.98 Å². The van der Waals surface area contributed by atoms with E-state index in [1.54, 1.807) is 18.3 Å². The van der Waals surface area contributed by atoms with Crippen molar-refractivity contribution in [2.75, 3.05) is 5.32 Å². The van der Waals surface area contributed by atoms with Crippen LogP contribution in [0.2, 0.25) is 0 Å². The van der Waals surface area contributed by atoms with Crippen molar-refractivity contribution in [3.05, 3.63) is 75.4 Å². The summed E-state index contributed by atoms with van der Waals surface area (Å²) in [6.07, 6.45) is 1.63. The molecule has 4 aromatic rings. The number of rotatable bonds is 5. The Balaban J connectivity index is 1.83. The second kappa shape index (κ2) is 8.03. The van der Waals surface area contributed by atoms with Gasteiger partial charge in [-0.3, -0.25) is 14.9 Å². The Morgan fingerprint density at radius 1 is 1.20 bits per heavy atom. The van der Waals surface area contributed by atoms with Gasteiger partial charge in [0.1, 0.15) is 11.5 Å². The highest BCUT2D eigenvalue weighted by molar-refractivity contribution is 7.15. The van der Waals surface area contributed by atoms with Gasteiger partial charge in [-0.15, -0.1) is 11.3 Å². The number of carbonyl (C=O) groups is 1. The Labute approximate surface area is 172 Å². The smallest absolute Gasteiger partial charge is 0.387 e. The number of thiazole rings is 1. The fraction of sp³-hybridized carbons (Fsp3) is 0.0952. The van der Waals surface area contributed by atoms with Crippen molar-refractivity contribution in [1.29, 1.82) is 0 Å². The minimum Gasteiger partial charge on any atom is -0.455 e. The Morgan fingerprint density at radius 2 is 2.00 bits per heavy atom. The molecule has 152 valence electrons. The van der Waals surface area contributed by atoms with Crippen LogP contribution in [0.5, 0.6) is 5.75 Å². The van der Waals surface area contributed by atoms with Gasteiger partial charge in [0.05, 0.1) is 16.5 Å². The van der Waals surface area contributed by atoms with Crippen LogP contribution in [0.3, 0.4) is 0 Å². The number of ether oxygens (including phenoxy) is 1. The molecule has 1 amide bonds. The van der Waals surface area contributed by atoms with Gasteiger partial charge < -0.3 is 9.15 Å². The molecule has 9 heteroatoms. The van der Waals surface area contributed by atoms with Crippen LogP contribution in [0.25, 0.3) is 22.3 Å². The number of hydrogen-bond acceptors (Lipinski definition) is 6. The van der Waals surface area contributed by atoms with E-state index in [1.165, 1.54) is 47.7 Å². The Morgan fingerprint density at radius 3 is 2.73 bits per heavy atom. The first-order valence-electron chi connectivity index (χ1n) is 8.77. The maximum atomic E-state index is 12.8. The number of nitrogens with zero attached hydrogens (tertiary/aromatic N) is 1. The van der Waals surface area contributed by atoms with Crippen molar-refractivity contribution >= 4 is 33.3 Å². The number of fused-ring (bicyclic) bond motifs is 1. The zero-order valence-electron chi connectivity index (χ0n) is 15.5. The fourth-order valence-electron chi connectivity index (χ4n) is 2.93. The highest BCUT2D eigenvalue weighted by atomic mass is 32.1. The third-order valence-electron chi connectivity index (χ3n) is 4.21. The van der Waals surface area contributed by atoms with Crippen LogP contribution >= 0.6 is 11.3 Å². The van der Waals surface area contributed by atoms with Crippen molar-refractivity contribution in [3.63, 3.8) is 0 Å². The Bertz CT molecular complexity index is 1300. The number of hydrogen-bond donors (Lipinski definition) is 1. The zero-order chi connectivity index (χ0) is 21.3. The average molecular weight is 428 g/mol. The number of aryl methyl sites for hydroxylation is 1. The molecule has 2 aromatic heterocycles. The number of carbonyl (C=O) groups excluding carboxylic acids is 1. The van der Waals surface area contributed by atoms with Gasteiger partial charge in [-0.05, 0) is 31.2 Å². The van der Waals surface area contributed by atoms with E-state index in [4.69, 9.17) is 4.42 Å². The second-order valence-electron chi connectivity index (χ2n) is 6.26. The molecule has 0 unspecified atom stereocenters. The molecule has 0 atom stereocenters. The van der Waals surface area contributed by atoms with E-state index in [9.17, 15) is 18.4 Å². The average Bonchev–Trinajstić information content (AvgIpc) is 3.12. The summed E-state index contributed by atoms with van der Waals surface area (Å²) >= 11 is 1.30. The van der Waals surface area contributed by atoms with Gasteiger partial charge in [-0.2, -0.15) is 8.78 Å². The molecule has 30 heavy (non-hydrogen) atoms. The summed E-state index contributed by atoms with van der Waals surface area (Å²) in [5.74, 6) is -0.642. The van der Waals surface area contributed by atoms with Crippen LogP contribution in [0.4, 0.5) is 13.9 Å². The van der Waals surface area contributed by atoms with E-state index >= 15 is 0 Å². The number of alkyl halides is 2. The van der Waals surface area contributed by atoms with Gasteiger partial charge >= 0.3 is 6.61 Å². The van der Waals surface area contributed by atoms with Crippen molar-refractivity contribution in [2.45, 2.75) is 13.5 Å². The lowest BCUT2D eigenvalue weighted by atomic mass is 10.1. The molecule has 4 rings (SSSR count). The van der Waals surface area contributed by atoms with Gasteiger partial charge in [0.15, 0.2) is 16.1 Å². The largest absolute Gasteiger partial charge is 0.455 e. The minimum atomic E-state index is -3.04. The number of amides is 1. The molecule has 2 heterocycles. The first kappa shape index (κ1) is 19.7. The van der Waals surface area contributed by atoms with E-state index in [0.29, 0.717) is 5.13 Å². The molecule has 0 aliphatic heterocycles. The standard InChI is InChI=1S/C21H14F2N2O4S/c1-11-10-24-21(30-11)25-19(27)14-7-4-6-12-15(26)9-17(28-18(12)14)13-5-2-3-8-16(13)29-20(22)23/h2-10,20H,1H3,(H,24,25,27). The van der Waals surface area contributed by atoms with Crippen molar-refractivity contribution in [2.24, 2.45) is 0 Å². The normalized spacial score (nSPS) is 11.1. The lowest BCUT2D eigenvalue weighted by Crippen LogP contribution is -2.13.